The Labute approximate surface area is 101 Å². The van der Waals surface area contributed by atoms with Crippen molar-refractivity contribution in [2.45, 2.75) is 26.7 Å². The molecule has 0 aromatic heterocycles. The predicted molar refractivity (Wildman–Crippen MR) is 64.2 cm³/mol. The molecule has 0 fully saturated rings. The zero-order valence-corrected chi connectivity index (χ0v) is 10.2. The highest BCUT2D eigenvalue weighted by atomic mass is 16.5. The molecule has 0 unspecified atom stereocenters. The molecule has 1 aromatic carbocycles. The predicted octanol–water partition coefficient (Wildman–Crippen LogP) is 2.29. The number of aromatic hydroxyl groups is 1. The highest BCUT2D eigenvalue weighted by Crippen LogP contribution is 2.30. The van der Waals surface area contributed by atoms with Gasteiger partial charge in [0.15, 0.2) is 11.5 Å². The maximum atomic E-state index is 11.2. The molecule has 94 valence electrons. The third kappa shape index (κ3) is 3.98. The van der Waals surface area contributed by atoms with Crippen LogP contribution in [-0.2, 0) is 16.0 Å². The van der Waals surface area contributed by atoms with Gasteiger partial charge in [-0.25, -0.2) is 0 Å². The standard InChI is InChI=1S/C13H18O4/c1-3-16-12(15)9-8-10-6-5-7-11(14)13(10)17-4-2/h5-7,14H,3-4,8-9H2,1-2H3. The third-order valence-corrected chi connectivity index (χ3v) is 2.27. The van der Waals surface area contributed by atoms with E-state index in [0.717, 1.165) is 5.56 Å². The van der Waals surface area contributed by atoms with Crippen LogP contribution in [0.15, 0.2) is 18.2 Å². The lowest BCUT2D eigenvalue weighted by Crippen LogP contribution is -2.06. The molecule has 0 aliphatic carbocycles. The van der Waals surface area contributed by atoms with E-state index >= 15 is 0 Å². The van der Waals surface area contributed by atoms with E-state index in [0.29, 0.717) is 25.4 Å². The van der Waals surface area contributed by atoms with Gasteiger partial charge in [-0.05, 0) is 31.9 Å². The van der Waals surface area contributed by atoms with Crippen molar-refractivity contribution in [3.63, 3.8) is 0 Å². The van der Waals surface area contributed by atoms with Crippen molar-refractivity contribution in [2.75, 3.05) is 13.2 Å². The van der Waals surface area contributed by atoms with Gasteiger partial charge in [-0.2, -0.15) is 0 Å². The first-order valence-electron chi connectivity index (χ1n) is 5.78. The average Bonchev–Trinajstić information content (AvgIpc) is 2.30. The molecule has 4 heteroatoms. The van der Waals surface area contributed by atoms with E-state index in [1.165, 1.54) is 0 Å². The van der Waals surface area contributed by atoms with Gasteiger partial charge in [-0.3, -0.25) is 4.79 Å². The zero-order valence-electron chi connectivity index (χ0n) is 10.2. The maximum absolute atomic E-state index is 11.2. The molecule has 0 aliphatic rings. The SMILES string of the molecule is CCOC(=O)CCc1cccc(O)c1OCC. The fraction of sp³-hybridized carbons (Fsp3) is 0.462. The van der Waals surface area contributed by atoms with Crippen LogP contribution in [-0.4, -0.2) is 24.3 Å². The van der Waals surface area contributed by atoms with Gasteiger partial charge in [-0.15, -0.1) is 0 Å². The number of benzene rings is 1. The molecule has 0 saturated carbocycles. The van der Waals surface area contributed by atoms with E-state index in [-0.39, 0.29) is 18.1 Å². The van der Waals surface area contributed by atoms with Gasteiger partial charge in [0.05, 0.1) is 13.2 Å². The second kappa shape index (κ2) is 6.78. The van der Waals surface area contributed by atoms with Crippen molar-refractivity contribution in [2.24, 2.45) is 0 Å². The van der Waals surface area contributed by atoms with Crippen molar-refractivity contribution in [3.05, 3.63) is 23.8 Å². The van der Waals surface area contributed by atoms with Crippen LogP contribution in [0.4, 0.5) is 0 Å². The monoisotopic (exact) mass is 238 g/mol. The van der Waals surface area contributed by atoms with Crippen LogP contribution in [0.3, 0.4) is 0 Å². The van der Waals surface area contributed by atoms with E-state index in [4.69, 9.17) is 9.47 Å². The largest absolute Gasteiger partial charge is 0.504 e. The molecule has 0 saturated heterocycles. The van der Waals surface area contributed by atoms with Crippen molar-refractivity contribution in [1.82, 2.24) is 0 Å². The Bertz CT molecular complexity index is 374. The third-order valence-electron chi connectivity index (χ3n) is 2.27. The Balaban J connectivity index is 2.69. The summed E-state index contributed by atoms with van der Waals surface area (Å²) in [4.78, 5) is 11.2. The number of carbonyl (C=O) groups is 1. The lowest BCUT2D eigenvalue weighted by Gasteiger charge is -2.11. The van der Waals surface area contributed by atoms with Crippen LogP contribution in [0.5, 0.6) is 11.5 Å². The number of ether oxygens (including phenoxy) is 2. The molecule has 0 bridgehead atoms. The molecule has 0 aliphatic heterocycles. The number of hydrogen-bond donors (Lipinski definition) is 1. The first-order valence-corrected chi connectivity index (χ1v) is 5.78. The summed E-state index contributed by atoms with van der Waals surface area (Å²) in [6.45, 7) is 4.49. The summed E-state index contributed by atoms with van der Waals surface area (Å²) in [5.41, 5.74) is 0.819. The number of esters is 1. The fourth-order valence-electron chi connectivity index (χ4n) is 1.55. The van der Waals surface area contributed by atoms with Crippen LogP contribution in [0.2, 0.25) is 0 Å². The van der Waals surface area contributed by atoms with E-state index in [2.05, 4.69) is 0 Å². The minimum atomic E-state index is -0.238. The Hall–Kier alpha value is -1.71. The van der Waals surface area contributed by atoms with Crippen molar-refractivity contribution in [3.8, 4) is 11.5 Å². The Morgan fingerprint density at radius 2 is 2.06 bits per heavy atom. The normalized spacial score (nSPS) is 10.0. The van der Waals surface area contributed by atoms with Crippen LogP contribution in [0.25, 0.3) is 0 Å². The van der Waals surface area contributed by atoms with Crippen molar-refractivity contribution >= 4 is 5.97 Å². The van der Waals surface area contributed by atoms with Crippen molar-refractivity contribution < 1.29 is 19.4 Å². The number of phenolic OH excluding ortho intramolecular Hbond substituents is 1. The van der Waals surface area contributed by atoms with Crippen LogP contribution < -0.4 is 4.74 Å². The Morgan fingerprint density at radius 1 is 1.29 bits per heavy atom. The summed E-state index contributed by atoms with van der Waals surface area (Å²) in [6, 6.07) is 5.14. The molecule has 0 amide bonds. The highest BCUT2D eigenvalue weighted by molar-refractivity contribution is 5.70. The van der Waals surface area contributed by atoms with E-state index in [1.54, 1.807) is 19.1 Å². The molecule has 0 atom stereocenters. The van der Waals surface area contributed by atoms with Crippen LogP contribution in [0, 0.1) is 0 Å². The summed E-state index contributed by atoms with van der Waals surface area (Å²) in [6.07, 6.45) is 0.792. The number of carbonyl (C=O) groups excluding carboxylic acids is 1. The van der Waals surface area contributed by atoms with E-state index in [9.17, 15) is 9.90 Å². The van der Waals surface area contributed by atoms with Gasteiger partial charge in [0.2, 0.25) is 0 Å². The topological polar surface area (TPSA) is 55.8 Å². The van der Waals surface area contributed by atoms with Gasteiger partial charge >= 0.3 is 5.97 Å². The van der Waals surface area contributed by atoms with Gasteiger partial charge in [0, 0.05) is 6.42 Å². The lowest BCUT2D eigenvalue weighted by atomic mass is 10.1. The van der Waals surface area contributed by atoms with Gasteiger partial charge < -0.3 is 14.6 Å². The molecule has 17 heavy (non-hydrogen) atoms. The number of phenols is 1. The number of para-hydroxylation sites is 1. The Kier molecular flexibility index (Phi) is 5.33. The number of aryl methyl sites for hydroxylation is 1. The molecular weight excluding hydrogens is 220 g/mol. The fourth-order valence-corrected chi connectivity index (χ4v) is 1.55. The summed E-state index contributed by atoms with van der Waals surface area (Å²) >= 11 is 0. The summed E-state index contributed by atoms with van der Waals surface area (Å²) < 4.78 is 10.2. The average molecular weight is 238 g/mol. The second-order valence-corrected chi connectivity index (χ2v) is 3.50. The zero-order chi connectivity index (χ0) is 12.7. The molecule has 1 rings (SSSR count). The smallest absolute Gasteiger partial charge is 0.306 e. The van der Waals surface area contributed by atoms with E-state index < -0.39 is 0 Å². The molecular formula is C13H18O4. The minimum absolute atomic E-state index is 0.105. The minimum Gasteiger partial charge on any atom is -0.504 e. The van der Waals surface area contributed by atoms with Gasteiger partial charge in [0.25, 0.3) is 0 Å². The van der Waals surface area contributed by atoms with Crippen LogP contribution >= 0.6 is 0 Å². The first-order chi connectivity index (χ1) is 8.19. The van der Waals surface area contributed by atoms with E-state index in [1.807, 2.05) is 13.0 Å². The summed E-state index contributed by atoms with van der Waals surface area (Å²) in [5, 5.41) is 9.65. The molecule has 4 nitrogen and oxygen atoms in total. The van der Waals surface area contributed by atoms with Gasteiger partial charge in [0.1, 0.15) is 0 Å². The molecule has 0 spiro atoms. The summed E-state index contributed by atoms with van der Waals surface area (Å²) in [7, 11) is 0. The quantitative estimate of drug-likeness (QED) is 0.772. The number of rotatable bonds is 6. The first kappa shape index (κ1) is 13.4. The highest BCUT2D eigenvalue weighted by Gasteiger charge is 2.10. The molecule has 1 aromatic rings. The van der Waals surface area contributed by atoms with Crippen molar-refractivity contribution in [1.29, 1.82) is 0 Å². The van der Waals surface area contributed by atoms with Crippen LogP contribution in [0.1, 0.15) is 25.8 Å². The van der Waals surface area contributed by atoms with Gasteiger partial charge in [-0.1, -0.05) is 12.1 Å². The molecule has 0 heterocycles. The maximum Gasteiger partial charge on any atom is 0.306 e. The summed E-state index contributed by atoms with van der Waals surface area (Å²) in [5.74, 6) is 0.325. The number of hydrogen-bond acceptors (Lipinski definition) is 4. The molecule has 1 N–H and O–H groups in total. The second-order valence-electron chi connectivity index (χ2n) is 3.50. The lowest BCUT2D eigenvalue weighted by molar-refractivity contribution is -0.143. The molecule has 0 radical (unpaired) electrons. The Morgan fingerprint density at radius 3 is 2.71 bits per heavy atom.